The average Bonchev–Trinajstić information content (AvgIpc) is 2.62. The summed E-state index contributed by atoms with van der Waals surface area (Å²) in [5, 5.41) is 0. The highest BCUT2D eigenvalue weighted by molar-refractivity contribution is 9.09. The zero-order chi connectivity index (χ0) is 20.9. The molecular formula is C22H31BrN2O3. The summed E-state index contributed by atoms with van der Waals surface area (Å²) in [5.74, 6) is 0.0396. The second-order valence-corrected chi connectivity index (χ2v) is 9.25. The number of likely N-dealkylation sites (tertiary alicyclic amines) is 1. The van der Waals surface area contributed by atoms with Gasteiger partial charge in [-0.15, -0.1) is 0 Å². The molecule has 154 valence electrons. The van der Waals surface area contributed by atoms with E-state index in [-0.39, 0.29) is 12.0 Å². The molecule has 0 aromatic heterocycles. The Hall–Kier alpha value is -1.82. The van der Waals surface area contributed by atoms with E-state index in [9.17, 15) is 9.59 Å². The molecule has 1 atom stereocenters. The van der Waals surface area contributed by atoms with Crippen LogP contribution in [-0.2, 0) is 4.74 Å². The van der Waals surface area contributed by atoms with Gasteiger partial charge in [0.2, 0.25) is 0 Å². The van der Waals surface area contributed by atoms with Crippen molar-refractivity contribution in [3.05, 3.63) is 41.1 Å². The Morgan fingerprint density at radius 2 is 1.82 bits per heavy atom. The standard InChI is InChI=1S/C22H31BrN2O3/c1-6-24(7-2)20(26)17-10-8-16(9-11-17)14-19-15-18(23)12-13-25(19)21(27)28-22(3,4)5/h8-11,14,18H,6-7,12-13,15H2,1-5H3/b19-14+. The fraction of sp³-hybridized carbons (Fsp3) is 0.545. The molecule has 1 aliphatic rings. The first-order chi connectivity index (χ1) is 13.1. The Balaban J connectivity index is 2.22. The van der Waals surface area contributed by atoms with E-state index in [0.717, 1.165) is 24.1 Å². The quantitative estimate of drug-likeness (QED) is 0.584. The number of carbonyl (C=O) groups excluding carboxylic acids is 2. The van der Waals surface area contributed by atoms with Crippen molar-refractivity contribution in [1.29, 1.82) is 0 Å². The molecule has 0 spiro atoms. The fourth-order valence-electron chi connectivity index (χ4n) is 3.12. The normalized spacial score (nSPS) is 18.9. The van der Waals surface area contributed by atoms with Gasteiger partial charge in [-0.1, -0.05) is 28.1 Å². The van der Waals surface area contributed by atoms with Crippen molar-refractivity contribution < 1.29 is 14.3 Å². The summed E-state index contributed by atoms with van der Waals surface area (Å²) in [5.41, 5.74) is 2.03. The molecule has 28 heavy (non-hydrogen) atoms. The number of allylic oxidation sites excluding steroid dienone is 1. The van der Waals surface area contributed by atoms with Crippen molar-refractivity contribution in [2.45, 2.75) is 57.9 Å². The molecule has 5 nitrogen and oxygen atoms in total. The summed E-state index contributed by atoms with van der Waals surface area (Å²) in [6.07, 6.45) is 3.32. The Morgan fingerprint density at radius 3 is 2.36 bits per heavy atom. The maximum Gasteiger partial charge on any atom is 0.414 e. The molecule has 1 saturated heterocycles. The van der Waals surface area contributed by atoms with Crippen molar-refractivity contribution >= 4 is 34.0 Å². The van der Waals surface area contributed by atoms with Crippen LogP contribution in [0.5, 0.6) is 0 Å². The zero-order valence-corrected chi connectivity index (χ0v) is 19.1. The van der Waals surface area contributed by atoms with Gasteiger partial charge in [0.25, 0.3) is 5.91 Å². The lowest BCUT2D eigenvalue weighted by Gasteiger charge is -2.34. The molecule has 1 heterocycles. The molecule has 1 unspecified atom stereocenters. The van der Waals surface area contributed by atoms with E-state index in [1.165, 1.54) is 0 Å². The van der Waals surface area contributed by atoms with Crippen molar-refractivity contribution in [2.75, 3.05) is 19.6 Å². The van der Waals surface area contributed by atoms with Gasteiger partial charge in [-0.2, -0.15) is 0 Å². The van der Waals surface area contributed by atoms with Crippen LogP contribution in [0.2, 0.25) is 0 Å². The first-order valence-electron chi connectivity index (χ1n) is 9.89. The summed E-state index contributed by atoms with van der Waals surface area (Å²) in [4.78, 5) is 28.9. The van der Waals surface area contributed by atoms with E-state index < -0.39 is 5.60 Å². The fourth-order valence-corrected chi connectivity index (χ4v) is 3.66. The second kappa shape index (κ2) is 9.59. The van der Waals surface area contributed by atoms with Gasteiger partial charge < -0.3 is 9.64 Å². The first kappa shape index (κ1) is 22.5. The number of alkyl halides is 1. The molecular weight excluding hydrogens is 420 g/mol. The minimum atomic E-state index is -0.528. The predicted molar refractivity (Wildman–Crippen MR) is 117 cm³/mol. The van der Waals surface area contributed by atoms with Crippen LogP contribution in [0.3, 0.4) is 0 Å². The van der Waals surface area contributed by atoms with Crippen LogP contribution in [-0.4, -0.2) is 51.9 Å². The lowest BCUT2D eigenvalue weighted by atomic mass is 10.0. The van der Waals surface area contributed by atoms with Gasteiger partial charge in [0.15, 0.2) is 0 Å². The van der Waals surface area contributed by atoms with E-state index in [4.69, 9.17) is 4.74 Å². The molecule has 0 radical (unpaired) electrons. The third-order valence-electron chi connectivity index (χ3n) is 4.60. The summed E-state index contributed by atoms with van der Waals surface area (Å²) >= 11 is 3.67. The number of hydrogen-bond donors (Lipinski definition) is 0. The SMILES string of the molecule is CCN(CC)C(=O)c1ccc(/C=C2\CC(Br)CCN2C(=O)OC(C)(C)C)cc1. The highest BCUT2D eigenvalue weighted by atomic mass is 79.9. The maximum absolute atomic E-state index is 12.6. The molecule has 1 aliphatic heterocycles. The number of piperidine rings is 1. The van der Waals surface area contributed by atoms with Crippen LogP contribution in [0.15, 0.2) is 30.0 Å². The lowest BCUT2D eigenvalue weighted by Crippen LogP contribution is -2.40. The van der Waals surface area contributed by atoms with E-state index in [1.54, 1.807) is 9.80 Å². The summed E-state index contributed by atoms with van der Waals surface area (Å²) in [7, 11) is 0. The summed E-state index contributed by atoms with van der Waals surface area (Å²) < 4.78 is 5.56. The van der Waals surface area contributed by atoms with Gasteiger partial charge in [0.05, 0.1) is 0 Å². The van der Waals surface area contributed by atoms with Crippen molar-refractivity contribution in [3.63, 3.8) is 0 Å². The van der Waals surface area contributed by atoms with Crippen molar-refractivity contribution in [1.82, 2.24) is 9.80 Å². The largest absolute Gasteiger partial charge is 0.443 e. The predicted octanol–water partition coefficient (Wildman–Crippen LogP) is 5.30. The van der Waals surface area contributed by atoms with Crippen LogP contribution in [0.1, 0.15) is 63.4 Å². The molecule has 0 aliphatic carbocycles. The van der Waals surface area contributed by atoms with Gasteiger partial charge in [-0.25, -0.2) is 4.79 Å². The molecule has 0 N–H and O–H groups in total. The second-order valence-electron chi connectivity index (χ2n) is 7.96. The van der Waals surface area contributed by atoms with Crippen LogP contribution >= 0.6 is 15.9 Å². The molecule has 2 amide bonds. The highest BCUT2D eigenvalue weighted by Gasteiger charge is 2.29. The molecule has 1 aromatic rings. The minimum absolute atomic E-state index is 0.0396. The van der Waals surface area contributed by atoms with Crippen LogP contribution in [0.25, 0.3) is 6.08 Å². The lowest BCUT2D eigenvalue weighted by molar-refractivity contribution is 0.0291. The van der Waals surface area contributed by atoms with Gasteiger partial charge >= 0.3 is 6.09 Å². The third-order valence-corrected chi connectivity index (χ3v) is 5.38. The van der Waals surface area contributed by atoms with Gasteiger partial charge in [-0.05, 0) is 64.8 Å². The van der Waals surface area contributed by atoms with E-state index >= 15 is 0 Å². The molecule has 1 fully saturated rings. The van der Waals surface area contributed by atoms with Crippen LogP contribution in [0.4, 0.5) is 4.79 Å². The number of rotatable bonds is 4. The van der Waals surface area contributed by atoms with Crippen LogP contribution < -0.4 is 0 Å². The van der Waals surface area contributed by atoms with Crippen molar-refractivity contribution in [3.8, 4) is 0 Å². The number of nitrogens with zero attached hydrogens (tertiary/aromatic N) is 2. The minimum Gasteiger partial charge on any atom is -0.443 e. The maximum atomic E-state index is 12.6. The zero-order valence-electron chi connectivity index (χ0n) is 17.5. The highest BCUT2D eigenvalue weighted by Crippen LogP contribution is 2.29. The topological polar surface area (TPSA) is 49.9 Å². The number of halogens is 1. The Morgan fingerprint density at radius 1 is 1.21 bits per heavy atom. The Bertz CT molecular complexity index is 718. The molecule has 1 aromatic carbocycles. The molecule has 6 heteroatoms. The Labute approximate surface area is 176 Å². The van der Waals surface area contributed by atoms with Gasteiger partial charge in [-0.3, -0.25) is 9.69 Å². The summed E-state index contributed by atoms with van der Waals surface area (Å²) in [6, 6.07) is 7.54. The Kier molecular flexibility index (Phi) is 7.70. The third kappa shape index (κ3) is 6.09. The molecule has 0 bridgehead atoms. The number of ether oxygens (including phenoxy) is 1. The summed E-state index contributed by atoms with van der Waals surface area (Å²) in [6.45, 7) is 11.6. The monoisotopic (exact) mass is 450 g/mol. The van der Waals surface area contributed by atoms with E-state index in [0.29, 0.717) is 30.0 Å². The van der Waals surface area contributed by atoms with Gasteiger partial charge in [0.1, 0.15) is 5.60 Å². The van der Waals surface area contributed by atoms with E-state index in [2.05, 4.69) is 15.9 Å². The van der Waals surface area contributed by atoms with E-state index in [1.807, 2.05) is 65.0 Å². The number of benzene rings is 1. The van der Waals surface area contributed by atoms with Crippen LogP contribution in [0, 0.1) is 0 Å². The smallest absolute Gasteiger partial charge is 0.414 e. The average molecular weight is 451 g/mol. The molecule has 2 rings (SSSR count). The van der Waals surface area contributed by atoms with Gasteiger partial charge in [0, 0.05) is 42.1 Å². The number of hydrogen-bond acceptors (Lipinski definition) is 3. The molecule has 0 saturated carbocycles. The number of carbonyl (C=O) groups is 2. The number of amides is 2. The first-order valence-corrected chi connectivity index (χ1v) is 10.8. The van der Waals surface area contributed by atoms with Crippen molar-refractivity contribution in [2.24, 2.45) is 0 Å².